The quantitative estimate of drug-likeness (QED) is 0.625. The Kier molecular flexibility index (Phi) is 3.74. The Bertz CT molecular complexity index is 1040. The van der Waals surface area contributed by atoms with Crippen molar-refractivity contribution in [3.63, 3.8) is 0 Å². The fraction of sp³-hybridized carbons (Fsp3) is 0.0500. The van der Waals surface area contributed by atoms with Gasteiger partial charge in [0.25, 0.3) is 5.91 Å². The van der Waals surface area contributed by atoms with E-state index in [0.29, 0.717) is 6.42 Å². The number of hydrogen-bond acceptors (Lipinski definition) is 3. The molecule has 1 aromatic carbocycles. The smallest absolute Gasteiger partial charge is 0.269 e. The Balaban J connectivity index is 1.67. The highest BCUT2D eigenvalue weighted by Crippen LogP contribution is 2.21. The van der Waals surface area contributed by atoms with Crippen molar-refractivity contribution in [2.24, 2.45) is 5.73 Å². The number of carbonyl (C=O) groups excluding carboxylic acids is 1. The second kappa shape index (κ2) is 6.20. The van der Waals surface area contributed by atoms with Gasteiger partial charge in [0.1, 0.15) is 5.69 Å². The van der Waals surface area contributed by atoms with Crippen molar-refractivity contribution >= 4 is 11.4 Å². The fourth-order valence-corrected chi connectivity index (χ4v) is 2.94. The highest BCUT2D eigenvalue weighted by molar-refractivity contribution is 5.91. The van der Waals surface area contributed by atoms with Crippen LogP contribution in [0.1, 0.15) is 21.6 Å². The molecule has 3 aromatic heterocycles. The molecule has 0 saturated heterocycles. The van der Waals surface area contributed by atoms with Crippen LogP contribution >= 0.6 is 0 Å². The highest BCUT2D eigenvalue weighted by Gasteiger charge is 2.10. The first-order valence-electron chi connectivity index (χ1n) is 7.97. The molecule has 0 fully saturated rings. The van der Waals surface area contributed by atoms with Gasteiger partial charge in [0, 0.05) is 18.6 Å². The molecule has 0 atom stereocenters. The lowest BCUT2D eigenvalue weighted by Crippen LogP contribution is -2.15. The molecule has 0 aliphatic heterocycles. The Hall–Kier alpha value is -3.47. The average molecular weight is 328 g/mol. The second-order valence-electron chi connectivity index (χ2n) is 5.87. The van der Waals surface area contributed by atoms with Crippen LogP contribution in [0.5, 0.6) is 0 Å². The molecule has 0 aliphatic carbocycles. The molecule has 25 heavy (non-hydrogen) atoms. The normalized spacial score (nSPS) is 10.9. The molecule has 0 bridgehead atoms. The van der Waals surface area contributed by atoms with Crippen molar-refractivity contribution in [3.8, 4) is 11.1 Å². The molecule has 0 aliphatic rings. The number of amides is 1. The predicted molar refractivity (Wildman–Crippen MR) is 96.2 cm³/mol. The summed E-state index contributed by atoms with van der Waals surface area (Å²) in [6, 6.07) is 18.0. The van der Waals surface area contributed by atoms with Crippen LogP contribution in [0.15, 0.2) is 73.2 Å². The van der Waals surface area contributed by atoms with Crippen molar-refractivity contribution in [1.82, 2.24) is 14.6 Å². The lowest BCUT2D eigenvalue weighted by molar-refractivity contribution is 0.0994. The summed E-state index contributed by atoms with van der Waals surface area (Å²) in [6.45, 7) is 0. The van der Waals surface area contributed by atoms with Gasteiger partial charge in [0.15, 0.2) is 0 Å². The van der Waals surface area contributed by atoms with Crippen LogP contribution in [-0.4, -0.2) is 20.5 Å². The van der Waals surface area contributed by atoms with Crippen LogP contribution in [0.25, 0.3) is 16.6 Å². The van der Waals surface area contributed by atoms with E-state index in [0.717, 1.165) is 27.8 Å². The third kappa shape index (κ3) is 2.99. The monoisotopic (exact) mass is 328 g/mol. The molecule has 0 saturated carbocycles. The lowest BCUT2D eigenvalue weighted by atomic mass is 10.0. The first kappa shape index (κ1) is 15.1. The van der Waals surface area contributed by atoms with Gasteiger partial charge >= 0.3 is 0 Å². The number of carbonyl (C=O) groups is 1. The zero-order valence-corrected chi connectivity index (χ0v) is 13.5. The summed E-state index contributed by atoms with van der Waals surface area (Å²) >= 11 is 0. The minimum atomic E-state index is -0.523. The maximum absolute atomic E-state index is 11.5. The van der Waals surface area contributed by atoms with Crippen molar-refractivity contribution in [2.75, 3.05) is 0 Å². The molecule has 0 radical (unpaired) electrons. The lowest BCUT2D eigenvalue weighted by Gasteiger charge is -2.08. The third-order valence-electron chi connectivity index (χ3n) is 4.20. The maximum atomic E-state index is 11.5. The Morgan fingerprint density at radius 3 is 2.44 bits per heavy atom. The number of pyridine rings is 1. The first-order valence-corrected chi connectivity index (χ1v) is 7.97. The summed E-state index contributed by atoms with van der Waals surface area (Å²) in [4.78, 5) is 15.6. The summed E-state index contributed by atoms with van der Waals surface area (Å²) in [5.74, 6) is -0.523. The van der Waals surface area contributed by atoms with Crippen LogP contribution in [-0.2, 0) is 6.42 Å². The van der Waals surface area contributed by atoms with Crippen LogP contribution in [0, 0.1) is 0 Å². The topological polar surface area (TPSA) is 73.3 Å². The molecular weight excluding hydrogens is 312 g/mol. The van der Waals surface area contributed by atoms with Gasteiger partial charge < -0.3 is 5.73 Å². The molecule has 1 amide bonds. The van der Waals surface area contributed by atoms with Gasteiger partial charge in [-0.05, 0) is 59.0 Å². The number of rotatable bonds is 4. The predicted octanol–water partition coefficient (Wildman–Crippen LogP) is 3.09. The first-order chi connectivity index (χ1) is 12.2. The van der Waals surface area contributed by atoms with Crippen LogP contribution < -0.4 is 5.73 Å². The zero-order chi connectivity index (χ0) is 17.2. The molecule has 5 nitrogen and oxygen atoms in total. The number of aromatic nitrogens is 3. The molecule has 5 heteroatoms. The SMILES string of the molecule is NC(=O)c1cc(Cc2ccc(-c3ccncc3)cc2)c2cccn2n1. The summed E-state index contributed by atoms with van der Waals surface area (Å²) < 4.78 is 1.70. The minimum absolute atomic E-state index is 0.270. The Labute approximate surface area is 144 Å². The standard InChI is InChI=1S/C20H16N4O/c21-20(25)18-13-17(19-2-1-11-24(19)23-18)12-14-3-5-15(6-4-14)16-7-9-22-10-8-16/h1-11,13H,12H2,(H2,21,25). The number of fused-ring (bicyclic) bond motifs is 1. The summed E-state index contributed by atoms with van der Waals surface area (Å²) in [6.07, 6.45) is 6.09. The van der Waals surface area contributed by atoms with E-state index in [-0.39, 0.29) is 5.69 Å². The summed E-state index contributed by atoms with van der Waals surface area (Å²) in [5.41, 5.74) is 11.1. The molecule has 4 aromatic rings. The van der Waals surface area contributed by atoms with E-state index in [1.165, 1.54) is 0 Å². The number of hydrogen-bond donors (Lipinski definition) is 1. The van der Waals surface area contributed by atoms with E-state index < -0.39 is 5.91 Å². The Morgan fingerprint density at radius 2 is 1.72 bits per heavy atom. The van der Waals surface area contributed by atoms with Crippen LogP contribution in [0.2, 0.25) is 0 Å². The second-order valence-corrected chi connectivity index (χ2v) is 5.87. The van der Waals surface area contributed by atoms with Gasteiger partial charge in [-0.15, -0.1) is 0 Å². The van der Waals surface area contributed by atoms with E-state index >= 15 is 0 Å². The number of benzene rings is 1. The van der Waals surface area contributed by atoms with Crippen molar-refractivity contribution in [3.05, 3.63) is 90.0 Å². The number of primary amides is 1. The van der Waals surface area contributed by atoms with E-state index in [2.05, 4.69) is 34.3 Å². The minimum Gasteiger partial charge on any atom is -0.364 e. The molecule has 0 spiro atoms. The zero-order valence-electron chi connectivity index (χ0n) is 13.5. The Morgan fingerprint density at radius 1 is 1.00 bits per heavy atom. The molecule has 3 heterocycles. The van der Waals surface area contributed by atoms with Gasteiger partial charge in [0.05, 0.1) is 5.52 Å². The summed E-state index contributed by atoms with van der Waals surface area (Å²) in [7, 11) is 0. The van der Waals surface area contributed by atoms with Gasteiger partial charge in [-0.3, -0.25) is 9.78 Å². The van der Waals surface area contributed by atoms with Crippen LogP contribution in [0.4, 0.5) is 0 Å². The van der Waals surface area contributed by atoms with Gasteiger partial charge in [-0.25, -0.2) is 4.52 Å². The van der Waals surface area contributed by atoms with E-state index in [4.69, 9.17) is 5.73 Å². The van der Waals surface area contributed by atoms with Gasteiger partial charge in [-0.1, -0.05) is 24.3 Å². The van der Waals surface area contributed by atoms with E-state index in [1.807, 2.05) is 30.5 Å². The van der Waals surface area contributed by atoms with Crippen molar-refractivity contribution in [2.45, 2.75) is 6.42 Å². The fourth-order valence-electron chi connectivity index (χ4n) is 2.94. The van der Waals surface area contributed by atoms with E-state index in [9.17, 15) is 4.79 Å². The molecule has 122 valence electrons. The largest absolute Gasteiger partial charge is 0.364 e. The van der Waals surface area contributed by atoms with Crippen LogP contribution in [0.3, 0.4) is 0 Å². The van der Waals surface area contributed by atoms with Gasteiger partial charge in [0.2, 0.25) is 0 Å². The highest BCUT2D eigenvalue weighted by atomic mass is 16.1. The maximum Gasteiger partial charge on any atom is 0.269 e. The number of nitrogens with zero attached hydrogens (tertiary/aromatic N) is 3. The molecule has 0 unspecified atom stereocenters. The average Bonchev–Trinajstić information content (AvgIpc) is 3.12. The third-order valence-corrected chi connectivity index (χ3v) is 4.20. The van der Waals surface area contributed by atoms with Gasteiger partial charge in [-0.2, -0.15) is 5.10 Å². The summed E-state index contributed by atoms with van der Waals surface area (Å²) in [5, 5.41) is 4.23. The molecule has 2 N–H and O–H groups in total. The molecule has 4 rings (SSSR count). The number of nitrogens with two attached hydrogens (primary N) is 1. The van der Waals surface area contributed by atoms with Crippen molar-refractivity contribution in [1.29, 1.82) is 0 Å². The molecular formula is C20H16N4O. The van der Waals surface area contributed by atoms with Crippen molar-refractivity contribution < 1.29 is 4.79 Å². The van der Waals surface area contributed by atoms with E-state index in [1.54, 1.807) is 23.0 Å².